The van der Waals surface area contributed by atoms with Gasteiger partial charge in [0.05, 0.1) is 19.3 Å². The molecule has 4 aliphatic rings. The van der Waals surface area contributed by atoms with Gasteiger partial charge in [0, 0.05) is 56.1 Å². The van der Waals surface area contributed by atoms with Crippen LogP contribution in [-0.4, -0.2) is 65.2 Å². The third kappa shape index (κ3) is 4.30. The lowest BCUT2D eigenvalue weighted by Crippen LogP contribution is -2.46. The fraction of sp³-hybridized carbons (Fsp3) is 0.548. The number of ether oxygens (including phenoxy) is 1. The molecule has 0 radical (unpaired) electrons. The topological polar surface area (TPSA) is 73.5 Å². The number of morpholine rings is 1. The summed E-state index contributed by atoms with van der Waals surface area (Å²) in [7, 11) is 0. The SMILES string of the molecule is Cc1c[nH]c2ncc(-c3cc4c(c(C5COCCN5)c3)CN(C(=O)N3CCC5(CCCCC5)C3)CC4)cc12. The zero-order valence-electron chi connectivity index (χ0n) is 22.5. The molecule has 2 saturated heterocycles. The second kappa shape index (κ2) is 9.69. The lowest BCUT2D eigenvalue weighted by Gasteiger charge is -2.37. The number of hydrogen-bond acceptors (Lipinski definition) is 4. The summed E-state index contributed by atoms with van der Waals surface area (Å²) in [5.74, 6) is 0. The van der Waals surface area contributed by atoms with Gasteiger partial charge in [0.15, 0.2) is 0 Å². The second-order valence-electron chi connectivity index (χ2n) is 12.1. The fourth-order valence-corrected chi connectivity index (χ4v) is 7.40. The van der Waals surface area contributed by atoms with Gasteiger partial charge in [-0.3, -0.25) is 0 Å². The average Bonchev–Trinajstić information content (AvgIpc) is 3.55. The van der Waals surface area contributed by atoms with E-state index >= 15 is 0 Å². The third-order valence-corrected chi connectivity index (χ3v) is 9.64. The molecule has 1 aliphatic carbocycles. The van der Waals surface area contributed by atoms with Crippen LogP contribution in [0.3, 0.4) is 0 Å². The van der Waals surface area contributed by atoms with Gasteiger partial charge in [-0.2, -0.15) is 0 Å². The maximum absolute atomic E-state index is 13.7. The van der Waals surface area contributed by atoms with Gasteiger partial charge in [-0.1, -0.05) is 25.3 Å². The zero-order chi connectivity index (χ0) is 25.7. The van der Waals surface area contributed by atoms with Crippen molar-refractivity contribution < 1.29 is 9.53 Å². The third-order valence-electron chi connectivity index (χ3n) is 9.64. The molecule has 1 saturated carbocycles. The Morgan fingerprint density at radius 1 is 1.08 bits per heavy atom. The Labute approximate surface area is 224 Å². The van der Waals surface area contributed by atoms with E-state index in [1.54, 1.807) is 0 Å². The number of benzene rings is 1. The Hall–Kier alpha value is -2.90. The summed E-state index contributed by atoms with van der Waals surface area (Å²) in [6.07, 6.45) is 12.7. The van der Waals surface area contributed by atoms with Crippen molar-refractivity contribution in [1.82, 2.24) is 25.1 Å². The number of fused-ring (bicyclic) bond motifs is 2. The number of aromatic nitrogens is 2. The van der Waals surface area contributed by atoms with Crippen molar-refractivity contribution in [3.8, 4) is 11.1 Å². The van der Waals surface area contributed by atoms with Gasteiger partial charge in [-0.05, 0) is 78.0 Å². The lowest BCUT2D eigenvalue weighted by atomic mass is 9.73. The minimum atomic E-state index is 0.135. The molecule has 200 valence electrons. The minimum Gasteiger partial charge on any atom is -0.378 e. The molecule has 1 aromatic carbocycles. The Morgan fingerprint density at radius 2 is 1.97 bits per heavy atom. The Bertz CT molecular complexity index is 1350. The van der Waals surface area contributed by atoms with Gasteiger partial charge in [0.25, 0.3) is 0 Å². The molecular formula is C31H39N5O2. The predicted octanol–water partition coefficient (Wildman–Crippen LogP) is 5.33. The summed E-state index contributed by atoms with van der Waals surface area (Å²) >= 11 is 0. The molecule has 1 atom stereocenters. The molecule has 3 fully saturated rings. The number of aryl methyl sites for hydroxylation is 1. The van der Waals surface area contributed by atoms with E-state index in [4.69, 9.17) is 9.72 Å². The van der Waals surface area contributed by atoms with Gasteiger partial charge in [-0.25, -0.2) is 9.78 Å². The normalized spacial score (nSPS) is 23.2. The van der Waals surface area contributed by atoms with Crippen molar-refractivity contribution in [2.75, 3.05) is 39.4 Å². The molecule has 1 spiro atoms. The number of carbonyl (C=O) groups is 1. The van der Waals surface area contributed by atoms with E-state index in [0.29, 0.717) is 18.6 Å². The van der Waals surface area contributed by atoms with Crippen LogP contribution in [0.1, 0.15) is 66.8 Å². The highest BCUT2D eigenvalue weighted by Crippen LogP contribution is 2.44. The summed E-state index contributed by atoms with van der Waals surface area (Å²) in [4.78, 5) is 26.0. The van der Waals surface area contributed by atoms with Crippen LogP contribution < -0.4 is 5.32 Å². The van der Waals surface area contributed by atoms with E-state index in [1.165, 1.54) is 71.7 Å². The van der Waals surface area contributed by atoms with Crippen LogP contribution in [0.2, 0.25) is 0 Å². The summed E-state index contributed by atoms with van der Waals surface area (Å²) in [6, 6.07) is 7.27. The molecule has 2 N–H and O–H groups in total. The highest BCUT2D eigenvalue weighted by molar-refractivity contribution is 5.84. The van der Waals surface area contributed by atoms with Gasteiger partial charge in [0.1, 0.15) is 5.65 Å². The molecule has 38 heavy (non-hydrogen) atoms. The number of nitrogens with one attached hydrogen (secondary N) is 2. The van der Waals surface area contributed by atoms with E-state index in [1.807, 2.05) is 12.4 Å². The van der Waals surface area contributed by atoms with Gasteiger partial charge in [-0.15, -0.1) is 0 Å². The highest BCUT2D eigenvalue weighted by atomic mass is 16.5. The number of H-pyrrole nitrogens is 1. The minimum absolute atomic E-state index is 0.135. The van der Waals surface area contributed by atoms with Crippen LogP contribution >= 0.6 is 0 Å². The van der Waals surface area contributed by atoms with Crippen molar-refractivity contribution in [3.05, 3.63) is 52.8 Å². The van der Waals surface area contributed by atoms with Crippen LogP contribution in [0, 0.1) is 12.3 Å². The van der Waals surface area contributed by atoms with E-state index < -0.39 is 0 Å². The van der Waals surface area contributed by atoms with Crippen molar-refractivity contribution in [2.24, 2.45) is 5.41 Å². The average molecular weight is 514 g/mol. The van der Waals surface area contributed by atoms with Crippen molar-refractivity contribution in [1.29, 1.82) is 0 Å². The molecule has 2 amide bonds. The summed E-state index contributed by atoms with van der Waals surface area (Å²) < 4.78 is 5.89. The molecule has 0 bridgehead atoms. The second-order valence-corrected chi connectivity index (χ2v) is 12.1. The lowest BCUT2D eigenvalue weighted by molar-refractivity contribution is 0.0762. The van der Waals surface area contributed by atoms with Crippen LogP contribution in [-0.2, 0) is 17.7 Å². The number of aromatic amines is 1. The van der Waals surface area contributed by atoms with Crippen LogP contribution in [0.5, 0.6) is 0 Å². The first-order valence-electron chi connectivity index (χ1n) is 14.5. The molecule has 3 aromatic rings. The molecule has 1 unspecified atom stereocenters. The summed E-state index contributed by atoms with van der Waals surface area (Å²) in [5.41, 5.74) is 8.77. The molecule has 2 aromatic heterocycles. The molecule has 7 heteroatoms. The molecule has 5 heterocycles. The number of urea groups is 1. The van der Waals surface area contributed by atoms with E-state index in [9.17, 15) is 4.79 Å². The number of carbonyl (C=O) groups excluding carboxylic acids is 1. The quantitative estimate of drug-likeness (QED) is 0.486. The molecule has 7 nitrogen and oxygen atoms in total. The van der Waals surface area contributed by atoms with Crippen LogP contribution in [0.25, 0.3) is 22.2 Å². The van der Waals surface area contributed by atoms with Crippen molar-refractivity contribution in [2.45, 2.75) is 64.5 Å². The van der Waals surface area contributed by atoms with E-state index in [-0.39, 0.29) is 12.1 Å². The Balaban J connectivity index is 1.19. The van der Waals surface area contributed by atoms with E-state index in [2.05, 4.69) is 45.2 Å². The molecular weight excluding hydrogens is 474 g/mol. The van der Waals surface area contributed by atoms with Crippen molar-refractivity contribution >= 4 is 17.1 Å². The smallest absolute Gasteiger partial charge is 0.320 e. The molecule has 7 rings (SSSR count). The number of pyridine rings is 1. The monoisotopic (exact) mass is 513 g/mol. The van der Waals surface area contributed by atoms with Gasteiger partial charge >= 0.3 is 6.03 Å². The van der Waals surface area contributed by atoms with Crippen LogP contribution in [0.15, 0.2) is 30.6 Å². The largest absolute Gasteiger partial charge is 0.378 e. The Morgan fingerprint density at radius 3 is 2.82 bits per heavy atom. The maximum Gasteiger partial charge on any atom is 0.320 e. The fourth-order valence-electron chi connectivity index (χ4n) is 7.40. The highest BCUT2D eigenvalue weighted by Gasteiger charge is 2.42. The van der Waals surface area contributed by atoms with E-state index in [0.717, 1.165) is 50.4 Å². The predicted molar refractivity (Wildman–Crippen MR) is 149 cm³/mol. The first kappa shape index (κ1) is 24.2. The summed E-state index contributed by atoms with van der Waals surface area (Å²) in [6.45, 7) is 7.69. The number of nitrogens with zero attached hydrogens (tertiary/aromatic N) is 3. The Kier molecular flexibility index (Phi) is 6.16. The number of amides is 2. The molecule has 3 aliphatic heterocycles. The maximum atomic E-state index is 13.7. The number of likely N-dealkylation sites (tertiary alicyclic amines) is 1. The zero-order valence-corrected chi connectivity index (χ0v) is 22.5. The van der Waals surface area contributed by atoms with Gasteiger partial charge < -0.3 is 24.8 Å². The van der Waals surface area contributed by atoms with Crippen molar-refractivity contribution in [3.63, 3.8) is 0 Å². The first-order chi connectivity index (χ1) is 18.6. The first-order valence-corrected chi connectivity index (χ1v) is 14.5. The standard InChI is InChI=1S/C31H39N5O2/c1-21-16-33-29-25(21)15-24(17-34-29)23-13-22-5-10-35(18-27(22)26(14-23)28-19-38-12-9-32-28)30(37)36-11-8-31(20-36)6-3-2-4-7-31/h13-17,28,32H,2-12,18-20H2,1H3,(H,33,34). The number of rotatable bonds is 2. The van der Waals surface area contributed by atoms with Crippen LogP contribution in [0.4, 0.5) is 4.79 Å². The number of hydrogen-bond donors (Lipinski definition) is 2. The van der Waals surface area contributed by atoms with Gasteiger partial charge in [0.2, 0.25) is 0 Å². The summed E-state index contributed by atoms with van der Waals surface area (Å²) in [5, 5.41) is 4.84.